The summed E-state index contributed by atoms with van der Waals surface area (Å²) in [5, 5.41) is 0. The highest BCUT2D eigenvalue weighted by molar-refractivity contribution is 6.77. The zero-order valence-corrected chi connectivity index (χ0v) is 16.6. The van der Waals surface area contributed by atoms with Gasteiger partial charge in [-0.15, -0.1) is 13.2 Å². The first-order valence-corrected chi connectivity index (χ1v) is 14.3. The van der Waals surface area contributed by atoms with Gasteiger partial charge in [0.1, 0.15) is 0 Å². The molecule has 1 heterocycles. The lowest BCUT2D eigenvalue weighted by Crippen LogP contribution is -2.35. The molecule has 1 saturated carbocycles. The number of hydrogen-bond donors (Lipinski definition) is 0. The molecule has 2 aliphatic rings. The molecule has 0 radical (unpaired) electrons. The van der Waals surface area contributed by atoms with Gasteiger partial charge >= 0.3 is 0 Å². The second kappa shape index (κ2) is 9.08. The van der Waals surface area contributed by atoms with Crippen LogP contribution < -0.4 is 0 Å². The normalized spacial score (nSPS) is 27.4. The fourth-order valence-electron chi connectivity index (χ4n) is 3.12. The molecular weight excluding hydrogens is 292 g/mol. The molecule has 21 heavy (non-hydrogen) atoms. The van der Waals surface area contributed by atoms with Gasteiger partial charge in [0, 0.05) is 0 Å². The van der Waals surface area contributed by atoms with E-state index in [0.717, 1.165) is 12.3 Å². The van der Waals surface area contributed by atoms with Gasteiger partial charge < -0.3 is 8.85 Å². The van der Waals surface area contributed by atoms with Crippen LogP contribution in [-0.4, -0.2) is 29.6 Å². The summed E-state index contributed by atoms with van der Waals surface area (Å²) >= 11 is 0. The fraction of sp³-hybridized carbons (Fsp3) is 0.765. The SMILES string of the molecule is C=CCC=C.C[SiH](C)O[Si](C)(C)CCC1CCC2OC2C1. The first kappa shape index (κ1) is 18.9. The first-order chi connectivity index (χ1) is 9.88. The van der Waals surface area contributed by atoms with E-state index in [1.807, 2.05) is 12.2 Å². The topological polar surface area (TPSA) is 21.8 Å². The molecule has 0 aromatic carbocycles. The first-order valence-electron chi connectivity index (χ1n) is 8.43. The molecule has 0 amide bonds. The Hall–Kier alpha value is -0.166. The van der Waals surface area contributed by atoms with Crippen LogP contribution in [0.5, 0.6) is 0 Å². The lowest BCUT2D eigenvalue weighted by atomic mass is 9.88. The number of fused-ring (bicyclic) bond motifs is 1. The molecule has 1 aliphatic heterocycles. The Bertz CT molecular complexity index is 323. The monoisotopic (exact) mass is 326 g/mol. The van der Waals surface area contributed by atoms with E-state index in [1.54, 1.807) is 0 Å². The van der Waals surface area contributed by atoms with E-state index in [1.165, 1.54) is 31.7 Å². The average Bonchev–Trinajstić information content (AvgIpc) is 3.15. The van der Waals surface area contributed by atoms with Crippen molar-refractivity contribution in [2.24, 2.45) is 5.92 Å². The summed E-state index contributed by atoms with van der Waals surface area (Å²) in [6, 6.07) is 1.35. The predicted molar refractivity (Wildman–Crippen MR) is 97.9 cm³/mol. The summed E-state index contributed by atoms with van der Waals surface area (Å²) in [5.41, 5.74) is 0. The summed E-state index contributed by atoms with van der Waals surface area (Å²) in [6.07, 6.45) is 11.3. The van der Waals surface area contributed by atoms with Gasteiger partial charge in [0.25, 0.3) is 0 Å². The van der Waals surface area contributed by atoms with Gasteiger partial charge in [0.15, 0.2) is 17.4 Å². The smallest absolute Gasteiger partial charge is 0.173 e. The predicted octanol–water partition coefficient (Wildman–Crippen LogP) is 4.90. The zero-order valence-electron chi connectivity index (χ0n) is 14.4. The Labute approximate surface area is 134 Å². The Balaban J connectivity index is 0.000000383. The molecule has 0 spiro atoms. The molecular formula is C17H34O2Si2. The zero-order chi connectivity index (χ0) is 15.9. The summed E-state index contributed by atoms with van der Waals surface area (Å²) < 4.78 is 11.8. The van der Waals surface area contributed by atoms with Crippen LogP contribution in [0.1, 0.15) is 32.1 Å². The van der Waals surface area contributed by atoms with Crippen molar-refractivity contribution >= 4 is 17.4 Å². The fourth-order valence-corrected chi connectivity index (χ4v) is 9.79. The highest BCUT2D eigenvalue weighted by atomic mass is 28.4. The maximum absolute atomic E-state index is 6.21. The molecule has 2 nitrogen and oxygen atoms in total. The summed E-state index contributed by atoms with van der Waals surface area (Å²) in [5.74, 6) is 0.924. The van der Waals surface area contributed by atoms with Crippen LogP contribution in [0.3, 0.4) is 0 Å². The molecule has 0 aromatic rings. The van der Waals surface area contributed by atoms with Crippen LogP contribution in [0.4, 0.5) is 0 Å². The third kappa shape index (κ3) is 8.14. The summed E-state index contributed by atoms with van der Waals surface area (Å²) in [7, 11) is -2.17. The van der Waals surface area contributed by atoms with E-state index >= 15 is 0 Å². The quantitative estimate of drug-likeness (QED) is 0.377. The van der Waals surface area contributed by atoms with E-state index in [2.05, 4.69) is 39.3 Å². The molecule has 122 valence electrons. The van der Waals surface area contributed by atoms with Gasteiger partial charge in [0.2, 0.25) is 0 Å². The van der Waals surface area contributed by atoms with E-state index in [4.69, 9.17) is 8.85 Å². The van der Waals surface area contributed by atoms with Crippen LogP contribution in [0.25, 0.3) is 0 Å². The van der Waals surface area contributed by atoms with Crippen molar-refractivity contribution in [1.82, 2.24) is 0 Å². The van der Waals surface area contributed by atoms with Crippen LogP contribution in [-0.2, 0) is 8.85 Å². The maximum atomic E-state index is 6.21. The van der Waals surface area contributed by atoms with Gasteiger partial charge in [0.05, 0.1) is 12.2 Å². The number of allylic oxidation sites excluding steroid dienone is 2. The molecule has 1 saturated heterocycles. The van der Waals surface area contributed by atoms with E-state index < -0.39 is 17.4 Å². The van der Waals surface area contributed by atoms with Crippen LogP contribution in [0, 0.1) is 5.92 Å². The Morgan fingerprint density at radius 3 is 2.33 bits per heavy atom. The number of hydrogen-bond acceptors (Lipinski definition) is 2. The van der Waals surface area contributed by atoms with Crippen molar-refractivity contribution in [2.45, 2.75) is 76.5 Å². The van der Waals surface area contributed by atoms with Gasteiger partial charge in [-0.2, -0.15) is 0 Å². The molecule has 3 atom stereocenters. The third-order valence-electron chi connectivity index (χ3n) is 4.16. The third-order valence-corrected chi connectivity index (χ3v) is 10.1. The highest BCUT2D eigenvalue weighted by Gasteiger charge is 2.43. The lowest BCUT2D eigenvalue weighted by Gasteiger charge is -2.28. The Morgan fingerprint density at radius 1 is 1.19 bits per heavy atom. The minimum Gasteiger partial charge on any atom is -0.458 e. The van der Waals surface area contributed by atoms with Crippen molar-refractivity contribution in [3.63, 3.8) is 0 Å². The second-order valence-electron chi connectivity index (χ2n) is 7.17. The minimum atomic E-state index is -1.34. The summed E-state index contributed by atoms with van der Waals surface area (Å²) in [6.45, 7) is 16.3. The van der Waals surface area contributed by atoms with Crippen LogP contribution >= 0.6 is 0 Å². The van der Waals surface area contributed by atoms with Gasteiger partial charge in [-0.1, -0.05) is 18.6 Å². The maximum Gasteiger partial charge on any atom is 0.173 e. The van der Waals surface area contributed by atoms with E-state index in [0.29, 0.717) is 12.2 Å². The molecule has 2 rings (SSSR count). The molecule has 2 fully saturated rings. The molecule has 3 unspecified atom stereocenters. The van der Waals surface area contributed by atoms with Gasteiger partial charge in [-0.3, -0.25) is 0 Å². The van der Waals surface area contributed by atoms with Crippen LogP contribution in [0.15, 0.2) is 25.3 Å². The van der Waals surface area contributed by atoms with Gasteiger partial charge in [-0.25, -0.2) is 0 Å². The van der Waals surface area contributed by atoms with Crippen molar-refractivity contribution in [2.75, 3.05) is 0 Å². The minimum absolute atomic E-state index is 0.643. The van der Waals surface area contributed by atoms with E-state index in [-0.39, 0.29) is 0 Å². The highest BCUT2D eigenvalue weighted by Crippen LogP contribution is 2.41. The van der Waals surface area contributed by atoms with Crippen molar-refractivity contribution in [3.8, 4) is 0 Å². The molecule has 0 N–H and O–H groups in total. The standard InChI is InChI=1S/C12H26O2Si2.C5H8/c1-15(2)14-16(3,4)8-7-10-5-6-11-12(9-10)13-11;1-3-5-4-2/h10-12,15H,5-9H2,1-4H3;3-4H,1-2,5H2. The number of epoxide rings is 1. The van der Waals surface area contributed by atoms with Crippen molar-refractivity contribution in [3.05, 3.63) is 25.3 Å². The van der Waals surface area contributed by atoms with E-state index in [9.17, 15) is 0 Å². The molecule has 1 aliphatic carbocycles. The average molecular weight is 327 g/mol. The largest absolute Gasteiger partial charge is 0.458 e. The van der Waals surface area contributed by atoms with Crippen LogP contribution in [0.2, 0.25) is 32.2 Å². The van der Waals surface area contributed by atoms with Gasteiger partial charge in [-0.05, 0) is 63.8 Å². The number of ether oxygens (including phenoxy) is 1. The van der Waals surface area contributed by atoms with Crippen molar-refractivity contribution < 1.29 is 8.85 Å². The number of rotatable bonds is 7. The molecule has 0 bridgehead atoms. The Morgan fingerprint density at radius 2 is 1.86 bits per heavy atom. The van der Waals surface area contributed by atoms with Crippen molar-refractivity contribution in [1.29, 1.82) is 0 Å². The second-order valence-corrected chi connectivity index (χ2v) is 14.2. The molecule has 4 heteroatoms. The Kier molecular flexibility index (Phi) is 8.17. The molecule has 0 aromatic heterocycles. The lowest BCUT2D eigenvalue weighted by molar-refractivity contribution is 0.355. The summed E-state index contributed by atoms with van der Waals surface area (Å²) in [4.78, 5) is 0.